The Bertz CT molecular complexity index is 516. The number of amides is 2. The van der Waals surface area contributed by atoms with Crippen molar-refractivity contribution in [3.63, 3.8) is 0 Å². The number of nitrogens with zero attached hydrogens (tertiary/aromatic N) is 1. The molecule has 0 fully saturated rings. The summed E-state index contributed by atoms with van der Waals surface area (Å²) in [6.07, 6.45) is 0.845. The Kier molecular flexibility index (Phi) is 3.66. The molecule has 0 radical (unpaired) electrons. The number of hydrogen-bond donors (Lipinski definition) is 1. The largest absolute Gasteiger partial charge is 0.370 e. The van der Waals surface area contributed by atoms with Crippen molar-refractivity contribution in [1.82, 2.24) is 0 Å². The zero-order chi connectivity index (χ0) is 13.1. The molecule has 0 bridgehead atoms. The summed E-state index contributed by atoms with van der Waals surface area (Å²) in [4.78, 5) is 35.9. The van der Waals surface area contributed by atoms with Crippen molar-refractivity contribution in [3.05, 3.63) is 23.8 Å². The van der Waals surface area contributed by atoms with Gasteiger partial charge in [0.25, 0.3) is 0 Å². The standard InChI is InChI=1S/C12H12N2O3S/c13-11(16)3-4-14-9-5-8(6-15)1-2-10(9)18-7-12(14)17/h1-2,5-6H,3-4,7H2,(H2,13,16). The first kappa shape index (κ1) is 12.6. The number of aldehydes is 1. The van der Waals surface area contributed by atoms with E-state index >= 15 is 0 Å². The van der Waals surface area contributed by atoms with Gasteiger partial charge >= 0.3 is 0 Å². The van der Waals surface area contributed by atoms with Crippen molar-refractivity contribution in [2.75, 3.05) is 17.2 Å². The molecule has 94 valence electrons. The van der Waals surface area contributed by atoms with E-state index in [2.05, 4.69) is 0 Å². The van der Waals surface area contributed by atoms with E-state index in [9.17, 15) is 14.4 Å². The first-order valence-corrected chi connectivity index (χ1v) is 6.41. The van der Waals surface area contributed by atoms with Crippen LogP contribution in [0.25, 0.3) is 0 Å². The van der Waals surface area contributed by atoms with Gasteiger partial charge in [0.1, 0.15) is 6.29 Å². The van der Waals surface area contributed by atoms with E-state index in [0.29, 0.717) is 17.0 Å². The number of anilines is 1. The minimum absolute atomic E-state index is 0.0724. The Labute approximate surface area is 108 Å². The average Bonchev–Trinajstić information content (AvgIpc) is 2.36. The van der Waals surface area contributed by atoms with Crippen LogP contribution < -0.4 is 10.6 Å². The minimum atomic E-state index is -0.450. The molecule has 0 saturated heterocycles. The van der Waals surface area contributed by atoms with Crippen LogP contribution in [0, 0.1) is 0 Å². The number of carbonyl (C=O) groups excluding carboxylic acids is 3. The molecule has 1 heterocycles. The van der Waals surface area contributed by atoms with Crippen LogP contribution in [0.3, 0.4) is 0 Å². The van der Waals surface area contributed by atoms with Gasteiger partial charge in [0.2, 0.25) is 11.8 Å². The van der Waals surface area contributed by atoms with E-state index in [-0.39, 0.29) is 18.9 Å². The smallest absolute Gasteiger partial charge is 0.237 e. The second-order valence-corrected chi connectivity index (χ2v) is 4.91. The molecule has 0 saturated carbocycles. The summed E-state index contributed by atoms with van der Waals surface area (Å²) in [6, 6.07) is 5.18. The van der Waals surface area contributed by atoms with Crippen LogP contribution in [0.2, 0.25) is 0 Å². The lowest BCUT2D eigenvalue weighted by Gasteiger charge is -2.28. The maximum Gasteiger partial charge on any atom is 0.237 e. The first-order valence-electron chi connectivity index (χ1n) is 5.42. The number of fused-ring (bicyclic) bond motifs is 1. The van der Waals surface area contributed by atoms with Gasteiger partial charge in [0, 0.05) is 23.4 Å². The number of benzene rings is 1. The highest BCUT2D eigenvalue weighted by Gasteiger charge is 2.24. The monoisotopic (exact) mass is 264 g/mol. The summed E-state index contributed by atoms with van der Waals surface area (Å²) in [5.74, 6) is -0.183. The van der Waals surface area contributed by atoms with Crippen LogP contribution in [0.15, 0.2) is 23.1 Å². The number of hydrogen-bond acceptors (Lipinski definition) is 4. The Morgan fingerprint density at radius 1 is 1.50 bits per heavy atom. The van der Waals surface area contributed by atoms with E-state index in [1.54, 1.807) is 12.1 Å². The molecular formula is C12H12N2O3S. The number of thioether (sulfide) groups is 1. The predicted molar refractivity (Wildman–Crippen MR) is 68.7 cm³/mol. The number of nitrogens with two attached hydrogens (primary N) is 1. The van der Waals surface area contributed by atoms with Crippen LogP contribution in [-0.2, 0) is 9.59 Å². The third kappa shape index (κ3) is 2.53. The topological polar surface area (TPSA) is 80.5 Å². The second-order valence-electron chi connectivity index (χ2n) is 3.90. The van der Waals surface area contributed by atoms with Crippen LogP contribution in [-0.4, -0.2) is 30.4 Å². The Morgan fingerprint density at radius 2 is 2.28 bits per heavy atom. The van der Waals surface area contributed by atoms with Gasteiger partial charge in [-0.2, -0.15) is 0 Å². The number of primary amides is 1. The highest BCUT2D eigenvalue weighted by Crippen LogP contribution is 2.35. The lowest BCUT2D eigenvalue weighted by Crippen LogP contribution is -2.37. The molecular weight excluding hydrogens is 252 g/mol. The molecule has 2 N–H and O–H groups in total. The van der Waals surface area contributed by atoms with Gasteiger partial charge in [-0.25, -0.2) is 0 Å². The van der Waals surface area contributed by atoms with Crippen molar-refractivity contribution in [2.24, 2.45) is 5.73 Å². The average molecular weight is 264 g/mol. The lowest BCUT2D eigenvalue weighted by molar-refractivity contribution is -0.118. The number of rotatable bonds is 4. The molecule has 0 spiro atoms. The normalized spacial score (nSPS) is 14.2. The fraction of sp³-hybridized carbons (Fsp3) is 0.250. The molecule has 0 unspecified atom stereocenters. The fourth-order valence-electron chi connectivity index (χ4n) is 1.76. The van der Waals surface area contributed by atoms with Gasteiger partial charge in [0.05, 0.1) is 11.4 Å². The molecule has 6 heteroatoms. The second kappa shape index (κ2) is 5.22. The van der Waals surface area contributed by atoms with Crippen molar-refractivity contribution in [2.45, 2.75) is 11.3 Å². The van der Waals surface area contributed by atoms with E-state index < -0.39 is 5.91 Å². The SMILES string of the molecule is NC(=O)CCN1C(=O)CSc2ccc(C=O)cc21. The van der Waals surface area contributed by atoms with E-state index in [1.807, 2.05) is 6.07 Å². The van der Waals surface area contributed by atoms with Gasteiger partial charge < -0.3 is 10.6 Å². The van der Waals surface area contributed by atoms with Crippen molar-refractivity contribution < 1.29 is 14.4 Å². The summed E-state index contributed by atoms with van der Waals surface area (Å²) in [6.45, 7) is 0.254. The molecule has 2 amide bonds. The Hall–Kier alpha value is -1.82. The van der Waals surface area contributed by atoms with Gasteiger partial charge in [-0.15, -0.1) is 11.8 Å². The lowest BCUT2D eigenvalue weighted by atomic mass is 10.2. The zero-order valence-electron chi connectivity index (χ0n) is 9.59. The van der Waals surface area contributed by atoms with Crippen LogP contribution in [0.4, 0.5) is 5.69 Å². The highest BCUT2D eigenvalue weighted by molar-refractivity contribution is 8.00. The van der Waals surface area contributed by atoms with E-state index in [1.165, 1.54) is 16.7 Å². The van der Waals surface area contributed by atoms with Crippen molar-refractivity contribution >= 4 is 35.5 Å². The highest BCUT2D eigenvalue weighted by atomic mass is 32.2. The van der Waals surface area contributed by atoms with Crippen molar-refractivity contribution in [3.8, 4) is 0 Å². The van der Waals surface area contributed by atoms with E-state index in [0.717, 1.165) is 11.2 Å². The van der Waals surface area contributed by atoms with Crippen LogP contribution >= 0.6 is 11.8 Å². The molecule has 1 aromatic carbocycles. The van der Waals surface area contributed by atoms with Gasteiger partial charge in [-0.1, -0.05) is 6.07 Å². The molecule has 0 aromatic heterocycles. The zero-order valence-corrected chi connectivity index (χ0v) is 10.4. The summed E-state index contributed by atoms with van der Waals surface area (Å²) >= 11 is 1.43. The summed E-state index contributed by atoms with van der Waals surface area (Å²) in [7, 11) is 0. The van der Waals surface area contributed by atoms with Crippen molar-refractivity contribution in [1.29, 1.82) is 0 Å². The molecule has 0 atom stereocenters. The van der Waals surface area contributed by atoms with Crippen LogP contribution in [0.1, 0.15) is 16.8 Å². The van der Waals surface area contributed by atoms with E-state index in [4.69, 9.17) is 5.73 Å². The maximum absolute atomic E-state index is 11.8. The van der Waals surface area contributed by atoms with Crippen LogP contribution in [0.5, 0.6) is 0 Å². The Morgan fingerprint density at radius 3 is 2.94 bits per heavy atom. The fourth-order valence-corrected chi connectivity index (χ4v) is 2.68. The van der Waals surface area contributed by atoms with Gasteiger partial charge in [0.15, 0.2) is 0 Å². The quantitative estimate of drug-likeness (QED) is 0.816. The third-order valence-corrected chi connectivity index (χ3v) is 3.69. The third-order valence-electron chi connectivity index (χ3n) is 2.64. The summed E-state index contributed by atoms with van der Waals surface area (Å²) in [5, 5.41) is 0. The summed E-state index contributed by atoms with van der Waals surface area (Å²) in [5.41, 5.74) is 6.28. The summed E-state index contributed by atoms with van der Waals surface area (Å²) < 4.78 is 0. The number of carbonyl (C=O) groups is 3. The minimum Gasteiger partial charge on any atom is -0.370 e. The maximum atomic E-state index is 11.8. The molecule has 18 heavy (non-hydrogen) atoms. The molecule has 1 aliphatic rings. The van der Waals surface area contributed by atoms with Gasteiger partial charge in [-0.3, -0.25) is 14.4 Å². The molecule has 2 rings (SSSR count). The molecule has 0 aliphatic carbocycles. The molecule has 5 nitrogen and oxygen atoms in total. The molecule has 1 aromatic rings. The first-order chi connectivity index (χ1) is 8.61. The Balaban J connectivity index is 2.32. The predicted octanol–water partition coefficient (Wildman–Crippen LogP) is 0.813. The van der Waals surface area contributed by atoms with Gasteiger partial charge in [-0.05, 0) is 12.1 Å². The molecule has 1 aliphatic heterocycles.